The third-order valence-corrected chi connectivity index (χ3v) is 4.36. The van der Waals surface area contributed by atoms with Crippen LogP contribution in [0.3, 0.4) is 0 Å². The number of nitrogens with one attached hydrogen (secondary N) is 1. The molecule has 6 heteroatoms. The van der Waals surface area contributed by atoms with Crippen LogP contribution < -0.4 is 10.2 Å². The molecule has 2 aromatic carbocycles. The summed E-state index contributed by atoms with van der Waals surface area (Å²) >= 11 is 0. The molecule has 0 atom stereocenters. The molecule has 2 N–H and O–H groups in total. The first-order chi connectivity index (χ1) is 12.0. The highest BCUT2D eigenvalue weighted by Gasteiger charge is 2.19. The summed E-state index contributed by atoms with van der Waals surface area (Å²) in [6.07, 6.45) is 0.951. The number of piperidine rings is 1. The maximum Gasteiger partial charge on any atom is 0.251 e. The summed E-state index contributed by atoms with van der Waals surface area (Å²) in [5, 5.41) is 12.2. The lowest BCUT2D eigenvalue weighted by atomic mass is 10.1. The van der Waals surface area contributed by atoms with E-state index in [0.717, 1.165) is 6.07 Å². The smallest absolute Gasteiger partial charge is 0.251 e. The van der Waals surface area contributed by atoms with Crippen molar-refractivity contribution in [2.75, 3.05) is 18.0 Å². The molecule has 0 spiro atoms. The molecule has 1 fully saturated rings. The molecule has 0 unspecified atom stereocenters. The van der Waals surface area contributed by atoms with Crippen molar-refractivity contribution >= 4 is 11.6 Å². The van der Waals surface area contributed by atoms with E-state index in [1.807, 2.05) is 4.90 Å². The first kappa shape index (κ1) is 17.4. The Hall–Kier alpha value is -2.47. The van der Waals surface area contributed by atoms with Gasteiger partial charge in [-0.2, -0.15) is 0 Å². The number of rotatable bonds is 4. The SMILES string of the molecule is O=C(NCc1ccc(N2CCC(O)CC2)c(F)c1)c1cccc(F)c1. The molecule has 25 heavy (non-hydrogen) atoms. The molecule has 0 aliphatic carbocycles. The standard InChI is InChI=1S/C19H20F2N2O2/c20-15-3-1-2-14(11-15)19(25)22-12-13-4-5-18(17(21)10-13)23-8-6-16(24)7-9-23/h1-5,10-11,16,24H,6-9,12H2,(H,22,25). The second-order valence-electron chi connectivity index (χ2n) is 6.20. The first-order valence-electron chi connectivity index (χ1n) is 8.28. The molecular formula is C19H20F2N2O2. The van der Waals surface area contributed by atoms with Gasteiger partial charge in [0.05, 0.1) is 11.8 Å². The second-order valence-corrected chi connectivity index (χ2v) is 6.20. The number of amides is 1. The van der Waals surface area contributed by atoms with Gasteiger partial charge in [-0.1, -0.05) is 12.1 Å². The van der Waals surface area contributed by atoms with Gasteiger partial charge >= 0.3 is 0 Å². The van der Waals surface area contributed by atoms with Crippen molar-refractivity contribution < 1.29 is 18.7 Å². The van der Waals surface area contributed by atoms with E-state index in [0.29, 0.717) is 37.2 Å². The lowest BCUT2D eigenvalue weighted by Crippen LogP contribution is -2.36. The Morgan fingerprint density at radius 1 is 1.16 bits per heavy atom. The molecule has 1 amide bonds. The second kappa shape index (κ2) is 7.61. The summed E-state index contributed by atoms with van der Waals surface area (Å²) < 4.78 is 27.5. The number of halogens is 2. The number of carbonyl (C=O) groups excluding carboxylic acids is 1. The number of nitrogens with zero attached hydrogens (tertiary/aromatic N) is 1. The van der Waals surface area contributed by atoms with Gasteiger partial charge in [0.2, 0.25) is 0 Å². The lowest BCUT2D eigenvalue weighted by molar-refractivity contribution is 0.0950. The number of hydrogen-bond donors (Lipinski definition) is 2. The van der Waals surface area contributed by atoms with Gasteiger partial charge in [0.25, 0.3) is 5.91 Å². The molecule has 0 radical (unpaired) electrons. The Morgan fingerprint density at radius 2 is 1.92 bits per heavy atom. The van der Waals surface area contributed by atoms with Gasteiger partial charge < -0.3 is 15.3 Å². The number of aliphatic hydroxyl groups is 1. The predicted molar refractivity (Wildman–Crippen MR) is 91.4 cm³/mol. The summed E-state index contributed by atoms with van der Waals surface area (Å²) in [5.41, 5.74) is 1.36. The van der Waals surface area contributed by atoms with Crippen molar-refractivity contribution in [2.45, 2.75) is 25.5 Å². The Morgan fingerprint density at radius 3 is 2.60 bits per heavy atom. The zero-order valence-electron chi connectivity index (χ0n) is 13.7. The lowest BCUT2D eigenvalue weighted by Gasteiger charge is -2.31. The summed E-state index contributed by atoms with van der Waals surface area (Å²) in [7, 11) is 0. The first-order valence-corrected chi connectivity index (χ1v) is 8.28. The zero-order valence-corrected chi connectivity index (χ0v) is 13.7. The van der Waals surface area contributed by atoms with Gasteiger partial charge in [-0.3, -0.25) is 4.79 Å². The van der Waals surface area contributed by atoms with Crippen LogP contribution in [0.25, 0.3) is 0 Å². The Bertz CT molecular complexity index is 759. The fourth-order valence-electron chi connectivity index (χ4n) is 2.94. The van der Waals surface area contributed by atoms with Gasteiger partial charge in [0.15, 0.2) is 0 Å². The molecule has 1 aliphatic rings. The quantitative estimate of drug-likeness (QED) is 0.895. The van der Waals surface area contributed by atoms with E-state index in [-0.39, 0.29) is 24.0 Å². The number of aliphatic hydroxyl groups excluding tert-OH is 1. The van der Waals surface area contributed by atoms with Gasteiger partial charge in [-0.05, 0) is 48.7 Å². The maximum atomic E-state index is 14.4. The van der Waals surface area contributed by atoms with Crippen LogP contribution in [0.4, 0.5) is 14.5 Å². The van der Waals surface area contributed by atoms with Gasteiger partial charge in [0, 0.05) is 25.2 Å². The summed E-state index contributed by atoms with van der Waals surface area (Å²) in [6, 6.07) is 10.3. The van der Waals surface area contributed by atoms with E-state index in [1.54, 1.807) is 12.1 Å². The average Bonchev–Trinajstić information content (AvgIpc) is 2.61. The zero-order chi connectivity index (χ0) is 17.8. The van der Waals surface area contributed by atoms with Crippen LogP contribution in [0.1, 0.15) is 28.8 Å². The largest absolute Gasteiger partial charge is 0.393 e. The van der Waals surface area contributed by atoms with Crippen LogP contribution in [0.2, 0.25) is 0 Å². The van der Waals surface area contributed by atoms with Crippen LogP contribution in [0.5, 0.6) is 0 Å². The molecule has 0 saturated carbocycles. The fraction of sp³-hybridized carbons (Fsp3) is 0.316. The van der Waals surface area contributed by atoms with Gasteiger partial charge in [-0.15, -0.1) is 0 Å². The van der Waals surface area contributed by atoms with E-state index in [2.05, 4.69) is 5.32 Å². The number of anilines is 1. The van der Waals surface area contributed by atoms with Gasteiger partial charge in [-0.25, -0.2) is 8.78 Å². The van der Waals surface area contributed by atoms with Crippen molar-refractivity contribution in [1.29, 1.82) is 0 Å². The Balaban J connectivity index is 1.62. The minimum absolute atomic E-state index is 0.158. The van der Waals surface area contributed by atoms with E-state index in [1.165, 1.54) is 24.3 Å². The van der Waals surface area contributed by atoms with Gasteiger partial charge in [0.1, 0.15) is 11.6 Å². The minimum atomic E-state index is -0.477. The van der Waals surface area contributed by atoms with Crippen LogP contribution in [-0.2, 0) is 6.54 Å². The van der Waals surface area contributed by atoms with Crippen LogP contribution in [-0.4, -0.2) is 30.2 Å². The number of benzene rings is 2. The highest BCUT2D eigenvalue weighted by atomic mass is 19.1. The van der Waals surface area contributed by atoms with Crippen molar-refractivity contribution in [2.24, 2.45) is 0 Å². The molecule has 2 aromatic rings. The molecule has 4 nitrogen and oxygen atoms in total. The molecule has 0 aromatic heterocycles. The monoisotopic (exact) mass is 346 g/mol. The summed E-state index contributed by atoms with van der Waals surface area (Å²) in [5.74, 6) is -1.24. The van der Waals surface area contributed by atoms with E-state index < -0.39 is 11.7 Å². The van der Waals surface area contributed by atoms with E-state index >= 15 is 0 Å². The molecule has 3 rings (SSSR count). The highest BCUT2D eigenvalue weighted by Crippen LogP contribution is 2.24. The summed E-state index contributed by atoms with van der Waals surface area (Å²) in [6.45, 7) is 1.40. The Labute approximate surface area is 145 Å². The van der Waals surface area contributed by atoms with E-state index in [4.69, 9.17) is 0 Å². The van der Waals surface area contributed by atoms with Crippen LogP contribution >= 0.6 is 0 Å². The topological polar surface area (TPSA) is 52.6 Å². The minimum Gasteiger partial charge on any atom is -0.393 e. The predicted octanol–water partition coefficient (Wildman–Crippen LogP) is 2.86. The Kier molecular flexibility index (Phi) is 5.28. The van der Waals surface area contributed by atoms with Crippen molar-refractivity contribution in [1.82, 2.24) is 5.32 Å². The number of carbonyl (C=O) groups is 1. The molecule has 1 aliphatic heterocycles. The summed E-state index contributed by atoms with van der Waals surface area (Å²) in [4.78, 5) is 13.9. The third kappa shape index (κ3) is 4.33. The molecule has 1 saturated heterocycles. The fourth-order valence-corrected chi connectivity index (χ4v) is 2.94. The van der Waals surface area contributed by atoms with Crippen molar-refractivity contribution in [3.63, 3.8) is 0 Å². The van der Waals surface area contributed by atoms with Crippen LogP contribution in [0, 0.1) is 11.6 Å². The van der Waals surface area contributed by atoms with E-state index in [9.17, 15) is 18.7 Å². The average molecular weight is 346 g/mol. The number of hydrogen-bond acceptors (Lipinski definition) is 3. The van der Waals surface area contributed by atoms with Crippen LogP contribution in [0.15, 0.2) is 42.5 Å². The molecule has 132 valence electrons. The normalized spacial score (nSPS) is 15.2. The maximum absolute atomic E-state index is 14.4. The third-order valence-electron chi connectivity index (χ3n) is 4.36. The van der Waals surface area contributed by atoms with Crippen molar-refractivity contribution in [3.05, 3.63) is 65.2 Å². The molecular weight excluding hydrogens is 326 g/mol. The molecule has 0 bridgehead atoms. The highest BCUT2D eigenvalue weighted by molar-refractivity contribution is 5.94. The van der Waals surface area contributed by atoms with Crippen molar-refractivity contribution in [3.8, 4) is 0 Å². The molecule has 1 heterocycles.